The first-order chi connectivity index (χ1) is 44.2. The Hall–Kier alpha value is -1.61. The predicted octanol–water partition coefficient (Wildman–Crippen LogP) is 23.6. The number of carbonyl (C=O) groups is 1. The van der Waals surface area contributed by atoms with Crippen LogP contribution in [0.4, 0.5) is 0 Å². The molecule has 1 aliphatic rings. The average molecular weight is 1480 g/mol. The van der Waals surface area contributed by atoms with Crippen LogP contribution in [0.3, 0.4) is 0 Å². The van der Waals surface area contributed by atoms with Crippen molar-refractivity contribution in [3.8, 4) is 5.75 Å². The summed E-state index contributed by atoms with van der Waals surface area (Å²) in [6.45, 7) is 90.8. The van der Waals surface area contributed by atoms with Crippen molar-refractivity contribution in [2.24, 2.45) is 11.8 Å². The zero-order valence-electron chi connectivity index (χ0n) is 70.2. The van der Waals surface area contributed by atoms with Gasteiger partial charge < -0.3 is 50.2 Å². The van der Waals surface area contributed by atoms with Gasteiger partial charge in [-0.05, 0) is 197 Å². The van der Waals surface area contributed by atoms with E-state index < -0.39 is 86.0 Å². The number of ether oxygens (including phenoxy) is 5. The summed E-state index contributed by atoms with van der Waals surface area (Å²) >= 11 is 0. The van der Waals surface area contributed by atoms with E-state index in [2.05, 4.69) is 262 Å². The van der Waals surface area contributed by atoms with Crippen molar-refractivity contribution in [2.75, 3.05) is 14.2 Å². The zero-order valence-corrected chi connectivity index (χ0v) is 76.2. The van der Waals surface area contributed by atoms with Crippen molar-refractivity contribution >= 4 is 55.9 Å². The third-order valence-electron chi connectivity index (χ3n) is 24.1. The molecule has 12 atom stereocenters. The molecule has 0 aliphatic carbocycles. The predicted molar refractivity (Wildman–Crippen MR) is 432 cm³/mol. The molecule has 1 aromatic rings. The van der Waals surface area contributed by atoms with Crippen LogP contribution in [0.5, 0.6) is 5.75 Å². The van der Waals surface area contributed by atoms with Gasteiger partial charge in [0.25, 0.3) is 0 Å². The standard InChI is InChI=1S/C80H154O12Si6/c1-40-43-44-67(85-73(81)61(7)66(42-3)88-94(30,31)75(11,12)13)68(89-95(32,33)76(14,15)16)51-49-65(87-93(28,29)74(8,9)10)55-64-50-52-71(91-97(36,37)78(20,21)22)80(83-27,86-64)72(92-98(38,39)79(23,24)25)54-58(4)53-60(6)69(84-57-62-45-47-63(82-26)48-46-62)56-70(59(5)41-2)90-96(34,35)77(17,18)19/h41-42,45-48,53,60-61,64-72H,2-3,5,40,43-44,49-52,54-57H2,1,4,6-39H3/b58-53+/t60-,61+,64+,65-,66-,67+,68+,69+,70-,71+,72+,80?/m0/s1. The van der Waals surface area contributed by atoms with Gasteiger partial charge in [-0.2, -0.15) is 0 Å². The second-order valence-corrected chi connectivity index (χ2v) is 66.9. The van der Waals surface area contributed by atoms with Gasteiger partial charge in [-0.15, -0.1) is 6.58 Å². The number of carbonyl (C=O) groups excluding carboxylic acids is 1. The van der Waals surface area contributed by atoms with E-state index in [0.29, 0.717) is 51.6 Å². The van der Waals surface area contributed by atoms with E-state index >= 15 is 0 Å². The molecular formula is C80H154O12Si6. The molecule has 570 valence electrons. The van der Waals surface area contributed by atoms with Crippen LogP contribution in [-0.4, -0.2) is 131 Å². The highest BCUT2D eigenvalue weighted by atomic mass is 28.4. The molecule has 1 saturated heterocycles. The topological polar surface area (TPSA) is 119 Å². The molecule has 0 N–H and O–H groups in total. The minimum absolute atomic E-state index is 0.0233. The van der Waals surface area contributed by atoms with Crippen molar-refractivity contribution in [1.82, 2.24) is 0 Å². The van der Waals surface area contributed by atoms with Crippen molar-refractivity contribution in [1.29, 1.82) is 0 Å². The molecule has 1 unspecified atom stereocenters. The Morgan fingerprint density at radius 1 is 0.622 bits per heavy atom. The summed E-state index contributed by atoms with van der Waals surface area (Å²) in [5.41, 5.74) is 3.05. The van der Waals surface area contributed by atoms with Crippen molar-refractivity contribution in [3.63, 3.8) is 0 Å². The number of rotatable bonds is 39. The SMILES string of the molecule is C=CC(=C)[C@H](C[C@@H](OCc1ccc(OC)cc1)[C@@H](C)/C=C(\C)C[C@@H](O[Si](C)(C)C(C)(C)C)C1(OC)O[C@@H](C[C@H](CC[C@@H](O[Si](C)(C)C(C)(C)C)[C@@H](CCCC)OC(=O)[C@H](C)[C@H](C=C)O[Si](C)(C)C(C)(C)C)O[Si](C)(C)C(C)(C)C)CC[C@H]1O[Si](C)(C)C(C)(C)C)O[Si](C)(C)C(C)(C)C. The molecule has 1 aromatic carbocycles. The summed E-state index contributed by atoms with van der Waals surface area (Å²) in [5, 5.41) is -0.519. The molecule has 2 rings (SSSR count). The lowest BCUT2D eigenvalue weighted by atomic mass is 9.87. The molecule has 0 spiro atoms. The number of unbranched alkanes of at least 4 members (excludes halogenated alkanes) is 1. The molecule has 12 nitrogen and oxygen atoms in total. The molecule has 0 amide bonds. The maximum absolute atomic E-state index is 14.8. The molecule has 1 fully saturated rings. The van der Waals surface area contributed by atoms with Gasteiger partial charge in [-0.3, -0.25) is 4.79 Å². The summed E-state index contributed by atoms with van der Waals surface area (Å²) in [7, 11) is -11.0. The van der Waals surface area contributed by atoms with Gasteiger partial charge in [0.1, 0.15) is 24.1 Å². The van der Waals surface area contributed by atoms with Crippen LogP contribution in [0.25, 0.3) is 0 Å². The Bertz CT molecular complexity index is 2660. The first-order valence-electron chi connectivity index (χ1n) is 37.5. The van der Waals surface area contributed by atoms with Crippen LogP contribution < -0.4 is 4.74 Å². The van der Waals surface area contributed by atoms with Crippen molar-refractivity contribution in [2.45, 2.75) is 393 Å². The van der Waals surface area contributed by atoms with Gasteiger partial charge in [0.2, 0.25) is 5.79 Å². The molecule has 0 radical (unpaired) electrons. The fourth-order valence-electron chi connectivity index (χ4n) is 10.9. The largest absolute Gasteiger partial charge is 0.497 e. The Kier molecular flexibility index (Phi) is 34.1. The summed E-state index contributed by atoms with van der Waals surface area (Å²) in [4.78, 5) is 14.8. The number of hydrogen-bond donors (Lipinski definition) is 0. The normalized spacial score (nSPS) is 20.9. The maximum atomic E-state index is 14.8. The lowest BCUT2D eigenvalue weighted by Crippen LogP contribution is -2.66. The van der Waals surface area contributed by atoms with Gasteiger partial charge in [0.05, 0.1) is 50.2 Å². The molecule has 1 aliphatic heterocycles. The molecule has 0 saturated carbocycles. The Labute approximate surface area is 610 Å². The molecule has 0 aromatic heterocycles. The second-order valence-electron chi connectivity index (χ2n) is 38.3. The lowest BCUT2D eigenvalue weighted by Gasteiger charge is -2.54. The fourth-order valence-corrected chi connectivity index (χ4v) is 19.0. The number of methoxy groups -OCH3 is 2. The van der Waals surface area contributed by atoms with Crippen molar-refractivity contribution < 1.29 is 55.0 Å². The summed E-state index contributed by atoms with van der Waals surface area (Å²) < 4.78 is 79.7. The smallest absolute Gasteiger partial charge is 0.311 e. The zero-order chi connectivity index (χ0) is 76.2. The maximum Gasteiger partial charge on any atom is 0.311 e. The minimum Gasteiger partial charge on any atom is -0.497 e. The highest BCUT2D eigenvalue weighted by Gasteiger charge is 2.58. The van der Waals surface area contributed by atoms with E-state index in [1.165, 1.54) is 0 Å². The molecule has 0 bridgehead atoms. The fraction of sp³-hybridized carbons (Fsp3) is 0.812. The molecule has 98 heavy (non-hydrogen) atoms. The first kappa shape index (κ1) is 92.5. The van der Waals surface area contributed by atoms with E-state index in [-0.39, 0.29) is 72.6 Å². The summed E-state index contributed by atoms with van der Waals surface area (Å²) in [5.74, 6) is -1.45. The van der Waals surface area contributed by atoms with Crippen LogP contribution in [0.1, 0.15) is 222 Å². The number of hydrogen-bond acceptors (Lipinski definition) is 12. The highest BCUT2D eigenvalue weighted by Crippen LogP contribution is 2.50. The monoisotopic (exact) mass is 1480 g/mol. The lowest BCUT2D eigenvalue weighted by molar-refractivity contribution is -0.342. The van der Waals surface area contributed by atoms with Gasteiger partial charge >= 0.3 is 5.97 Å². The third-order valence-corrected chi connectivity index (χ3v) is 51.1. The van der Waals surface area contributed by atoms with Gasteiger partial charge in [0, 0.05) is 25.6 Å². The summed E-state index contributed by atoms with van der Waals surface area (Å²) in [6.07, 6.45) is 9.51. The Morgan fingerprint density at radius 3 is 1.56 bits per heavy atom. The van der Waals surface area contributed by atoms with E-state index in [1.54, 1.807) is 13.2 Å². The average Bonchev–Trinajstić information content (AvgIpc) is 0.748. The first-order valence-corrected chi connectivity index (χ1v) is 55.0. The second kappa shape index (κ2) is 36.1. The van der Waals surface area contributed by atoms with Gasteiger partial charge in [-0.1, -0.05) is 194 Å². The van der Waals surface area contributed by atoms with E-state index in [4.69, 9.17) is 50.2 Å². The molecule has 18 heteroatoms. The van der Waals surface area contributed by atoms with E-state index in [1.807, 2.05) is 32.2 Å². The minimum atomic E-state index is -2.61. The highest BCUT2D eigenvalue weighted by molar-refractivity contribution is 6.76. The third kappa shape index (κ3) is 26.2. The van der Waals surface area contributed by atoms with Crippen LogP contribution >= 0.6 is 0 Å². The number of benzene rings is 1. The van der Waals surface area contributed by atoms with Gasteiger partial charge in [-0.25, -0.2) is 0 Å². The van der Waals surface area contributed by atoms with Crippen molar-refractivity contribution in [3.05, 3.63) is 78.9 Å². The Balaban J connectivity index is 3.07. The van der Waals surface area contributed by atoms with E-state index in [9.17, 15) is 4.79 Å². The van der Waals surface area contributed by atoms with E-state index in [0.717, 1.165) is 41.7 Å². The summed E-state index contributed by atoms with van der Waals surface area (Å²) in [6, 6.07) is 8.11. The van der Waals surface area contributed by atoms with Crippen LogP contribution in [0, 0.1) is 11.8 Å². The van der Waals surface area contributed by atoms with Crippen LogP contribution in [0.2, 0.25) is 109 Å². The molecular weight excluding hydrogens is 1320 g/mol. The van der Waals surface area contributed by atoms with Gasteiger partial charge in [0.15, 0.2) is 49.9 Å². The number of esters is 1. The Morgan fingerprint density at radius 2 is 1.10 bits per heavy atom. The molecule has 1 heterocycles. The quantitative estimate of drug-likeness (QED) is 0.0270. The van der Waals surface area contributed by atoms with Crippen LogP contribution in [0.15, 0.2) is 73.4 Å². The van der Waals surface area contributed by atoms with Crippen LogP contribution in [-0.2, 0) is 56.9 Å².